The van der Waals surface area contributed by atoms with Crippen LogP contribution in [0.1, 0.15) is 10.9 Å². The zero-order chi connectivity index (χ0) is 15.5. The molecule has 0 saturated heterocycles. The lowest BCUT2D eigenvalue weighted by Gasteiger charge is -1.92. The fourth-order valence-corrected chi connectivity index (χ4v) is 2.85. The Morgan fingerprint density at radius 1 is 0.783 bits per heavy atom. The normalized spacial score (nSPS) is 10.8. The van der Waals surface area contributed by atoms with Crippen LogP contribution in [0.3, 0.4) is 0 Å². The van der Waals surface area contributed by atoms with Crippen LogP contribution >= 0.6 is 11.5 Å². The van der Waals surface area contributed by atoms with Crippen LogP contribution in [0.25, 0.3) is 22.8 Å². The Labute approximate surface area is 136 Å². The molecule has 0 saturated carbocycles. The zero-order valence-corrected chi connectivity index (χ0v) is 12.9. The predicted octanol–water partition coefficient (Wildman–Crippen LogP) is 3.85. The molecular formula is C17H12N4OS. The molecule has 0 N–H and O–H groups in total. The van der Waals surface area contributed by atoms with Gasteiger partial charge in [-0.05, 0) is 11.5 Å². The molecule has 0 spiro atoms. The van der Waals surface area contributed by atoms with E-state index in [2.05, 4.69) is 19.5 Å². The van der Waals surface area contributed by atoms with Crippen molar-refractivity contribution in [3.63, 3.8) is 0 Å². The van der Waals surface area contributed by atoms with Crippen molar-refractivity contribution in [1.82, 2.24) is 19.5 Å². The first kappa shape index (κ1) is 13.8. The molecule has 0 aliphatic heterocycles. The first-order valence-electron chi connectivity index (χ1n) is 7.14. The number of hydrogen-bond donors (Lipinski definition) is 0. The average Bonchev–Trinajstić information content (AvgIpc) is 3.27. The SMILES string of the molecule is c1ccc(-c2noc(Cc3nc(-c4ccccc4)ns3)n2)cc1. The van der Waals surface area contributed by atoms with Gasteiger partial charge < -0.3 is 4.52 Å². The third-order valence-corrected chi connectivity index (χ3v) is 4.01. The Morgan fingerprint density at radius 2 is 1.43 bits per heavy atom. The maximum absolute atomic E-state index is 5.32. The van der Waals surface area contributed by atoms with E-state index in [1.807, 2.05) is 60.7 Å². The number of hydrogen-bond acceptors (Lipinski definition) is 6. The molecule has 0 radical (unpaired) electrons. The van der Waals surface area contributed by atoms with Crippen LogP contribution in [0, 0.1) is 0 Å². The van der Waals surface area contributed by atoms with Crippen LogP contribution in [0.15, 0.2) is 65.2 Å². The van der Waals surface area contributed by atoms with Gasteiger partial charge in [0.15, 0.2) is 5.82 Å². The maximum atomic E-state index is 5.32. The topological polar surface area (TPSA) is 64.7 Å². The molecule has 0 amide bonds. The Morgan fingerprint density at radius 3 is 2.13 bits per heavy atom. The predicted molar refractivity (Wildman–Crippen MR) is 87.9 cm³/mol. The number of rotatable bonds is 4. The molecule has 2 aromatic carbocycles. The van der Waals surface area contributed by atoms with Gasteiger partial charge in [-0.3, -0.25) is 0 Å². The number of aromatic nitrogens is 4. The van der Waals surface area contributed by atoms with E-state index in [1.54, 1.807) is 0 Å². The van der Waals surface area contributed by atoms with Crippen molar-refractivity contribution in [1.29, 1.82) is 0 Å². The minimum absolute atomic E-state index is 0.490. The van der Waals surface area contributed by atoms with Gasteiger partial charge in [-0.25, -0.2) is 4.98 Å². The van der Waals surface area contributed by atoms with E-state index >= 15 is 0 Å². The third kappa shape index (κ3) is 3.02. The summed E-state index contributed by atoms with van der Waals surface area (Å²) in [6.45, 7) is 0. The smallest absolute Gasteiger partial charge is 0.233 e. The Hall–Kier alpha value is -2.86. The molecule has 2 aromatic heterocycles. The van der Waals surface area contributed by atoms with Gasteiger partial charge in [-0.1, -0.05) is 65.8 Å². The minimum atomic E-state index is 0.490. The standard InChI is InChI=1S/C17H12N4OS/c1-3-7-12(8-4-1)16-18-14(22-20-16)11-15-19-17(21-23-15)13-9-5-2-6-10-13/h1-10H,11H2. The monoisotopic (exact) mass is 320 g/mol. The Bertz CT molecular complexity index is 827. The van der Waals surface area contributed by atoms with Crippen molar-refractivity contribution in [3.8, 4) is 22.8 Å². The number of nitrogens with zero attached hydrogens (tertiary/aromatic N) is 4. The van der Waals surface area contributed by atoms with Gasteiger partial charge in [0.25, 0.3) is 0 Å². The lowest BCUT2D eigenvalue weighted by molar-refractivity contribution is 0.385. The second-order valence-electron chi connectivity index (χ2n) is 4.93. The van der Waals surface area contributed by atoms with E-state index in [0.29, 0.717) is 18.1 Å². The molecule has 4 aromatic rings. The highest BCUT2D eigenvalue weighted by Gasteiger charge is 2.12. The summed E-state index contributed by atoms with van der Waals surface area (Å²) in [6.07, 6.45) is 0.490. The summed E-state index contributed by atoms with van der Waals surface area (Å²) in [5.41, 5.74) is 1.94. The van der Waals surface area contributed by atoms with E-state index in [0.717, 1.165) is 22.0 Å². The second-order valence-corrected chi connectivity index (χ2v) is 5.77. The molecular weight excluding hydrogens is 308 g/mol. The van der Waals surface area contributed by atoms with Gasteiger partial charge >= 0.3 is 0 Å². The molecule has 4 rings (SSSR count). The van der Waals surface area contributed by atoms with Crippen LogP contribution < -0.4 is 0 Å². The lowest BCUT2D eigenvalue weighted by atomic mass is 10.2. The Balaban J connectivity index is 1.53. The molecule has 2 heterocycles. The van der Waals surface area contributed by atoms with Crippen molar-refractivity contribution in [2.45, 2.75) is 6.42 Å². The van der Waals surface area contributed by atoms with Crippen molar-refractivity contribution in [3.05, 3.63) is 71.6 Å². The molecule has 0 aliphatic rings. The first-order valence-corrected chi connectivity index (χ1v) is 7.92. The van der Waals surface area contributed by atoms with Crippen LogP contribution in [0.2, 0.25) is 0 Å². The summed E-state index contributed by atoms with van der Waals surface area (Å²) in [5.74, 6) is 1.86. The number of benzene rings is 2. The van der Waals surface area contributed by atoms with Crippen molar-refractivity contribution >= 4 is 11.5 Å². The van der Waals surface area contributed by atoms with E-state index in [-0.39, 0.29) is 0 Å². The molecule has 0 fully saturated rings. The summed E-state index contributed by atoms with van der Waals surface area (Å²) in [6, 6.07) is 19.7. The highest BCUT2D eigenvalue weighted by molar-refractivity contribution is 7.05. The maximum Gasteiger partial charge on any atom is 0.233 e. The molecule has 0 unspecified atom stereocenters. The van der Waals surface area contributed by atoms with Gasteiger partial charge in [0.05, 0.1) is 6.42 Å². The van der Waals surface area contributed by atoms with Crippen LogP contribution in [-0.4, -0.2) is 19.5 Å². The summed E-state index contributed by atoms with van der Waals surface area (Å²) < 4.78 is 9.70. The van der Waals surface area contributed by atoms with Gasteiger partial charge in [-0.15, -0.1) is 0 Å². The molecule has 0 aliphatic carbocycles. The van der Waals surface area contributed by atoms with Crippen molar-refractivity contribution in [2.75, 3.05) is 0 Å². The summed E-state index contributed by atoms with van der Waals surface area (Å²) in [5, 5.41) is 4.87. The fourth-order valence-electron chi connectivity index (χ4n) is 2.19. The fraction of sp³-hybridized carbons (Fsp3) is 0.0588. The van der Waals surface area contributed by atoms with Gasteiger partial charge in [0.2, 0.25) is 11.7 Å². The van der Waals surface area contributed by atoms with Crippen molar-refractivity contribution in [2.24, 2.45) is 0 Å². The molecule has 23 heavy (non-hydrogen) atoms. The zero-order valence-electron chi connectivity index (χ0n) is 12.1. The third-order valence-electron chi connectivity index (χ3n) is 3.30. The van der Waals surface area contributed by atoms with Crippen LogP contribution in [-0.2, 0) is 6.42 Å². The van der Waals surface area contributed by atoms with Crippen LogP contribution in [0.4, 0.5) is 0 Å². The van der Waals surface area contributed by atoms with Gasteiger partial charge in [-0.2, -0.15) is 9.36 Å². The van der Waals surface area contributed by atoms with E-state index < -0.39 is 0 Å². The van der Waals surface area contributed by atoms with E-state index in [4.69, 9.17) is 4.52 Å². The van der Waals surface area contributed by atoms with Crippen LogP contribution in [0.5, 0.6) is 0 Å². The Kier molecular flexibility index (Phi) is 3.65. The minimum Gasteiger partial charge on any atom is -0.339 e. The lowest BCUT2D eigenvalue weighted by Crippen LogP contribution is -1.88. The molecule has 6 heteroatoms. The quantitative estimate of drug-likeness (QED) is 0.571. The summed E-state index contributed by atoms with van der Waals surface area (Å²) >= 11 is 1.36. The van der Waals surface area contributed by atoms with Gasteiger partial charge in [0.1, 0.15) is 5.01 Å². The van der Waals surface area contributed by atoms with E-state index in [9.17, 15) is 0 Å². The average molecular weight is 320 g/mol. The van der Waals surface area contributed by atoms with Crippen molar-refractivity contribution < 1.29 is 4.52 Å². The largest absolute Gasteiger partial charge is 0.339 e. The highest BCUT2D eigenvalue weighted by Crippen LogP contribution is 2.20. The molecule has 0 atom stereocenters. The summed E-state index contributed by atoms with van der Waals surface area (Å²) in [4.78, 5) is 8.96. The summed E-state index contributed by atoms with van der Waals surface area (Å²) in [7, 11) is 0. The molecule has 112 valence electrons. The van der Waals surface area contributed by atoms with E-state index in [1.165, 1.54) is 11.5 Å². The van der Waals surface area contributed by atoms with Gasteiger partial charge in [0, 0.05) is 11.1 Å². The second kappa shape index (κ2) is 6.10. The highest BCUT2D eigenvalue weighted by atomic mass is 32.1. The molecule has 5 nitrogen and oxygen atoms in total. The molecule has 0 bridgehead atoms. The first-order chi connectivity index (χ1) is 11.4.